The number of thiophene rings is 1. The van der Waals surface area contributed by atoms with Crippen LogP contribution in [-0.4, -0.2) is 32.9 Å². The Morgan fingerprint density at radius 1 is 1.36 bits per heavy atom. The Bertz CT molecular complexity index is 890. The van der Waals surface area contributed by atoms with Crippen LogP contribution in [0, 0.1) is 0 Å². The first-order valence-corrected chi connectivity index (χ1v) is 10.2. The molecule has 1 aliphatic rings. The summed E-state index contributed by atoms with van der Waals surface area (Å²) in [5.74, 6) is 0.699. The topological polar surface area (TPSA) is 75.7 Å². The summed E-state index contributed by atoms with van der Waals surface area (Å²) in [5, 5.41) is 0. The zero-order chi connectivity index (χ0) is 18.0. The van der Waals surface area contributed by atoms with Gasteiger partial charge in [0.2, 0.25) is 15.9 Å². The van der Waals surface area contributed by atoms with Crippen LogP contribution in [-0.2, 0) is 34.3 Å². The fraction of sp³-hybridized carbons (Fsp3) is 0.353. The highest BCUT2D eigenvalue weighted by Crippen LogP contribution is 2.31. The lowest BCUT2D eigenvalue weighted by atomic mass is 10.1. The van der Waals surface area contributed by atoms with Crippen LogP contribution in [0.2, 0.25) is 0 Å². The average Bonchev–Trinajstić information content (AvgIpc) is 3.04. The number of amides is 1. The number of nitrogens with one attached hydrogen (secondary N) is 1. The fourth-order valence-corrected chi connectivity index (χ4v) is 5.34. The summed E-state index contributed by atoms with van der Waals surface area (Å²) in [4.78, 5) is 14.3. The number of nitrogens with zero attached hydrogens (tertiary/aromatic N) is 1. The Balaban J connectivity index is 1.74. The molecular weight excluding hydrogens is 360 g/mol. The maximum absolute atomic E-state index is 12.6. The molecule has 1 aromatic carbocycles. The molecule has 0 atom stereocenters. The van der Waals surface area contributed by atoms with Gasteiger partial charge in [0.15, 0.2) is 0 Å². The van der Waals surface area contributed by atoms with E-state index in [9.17, 15) is 13.2 Å². The Labute approximate surface area is 151 Å². The van der Waals surface area contributed by atoms with Crippen LogP contribution >= 0.6 is 11.3 Å². The number of benzene rings is 1. The minimum atomic E-state index is -3.59. The van der Waals surface area contributed by atoms with Crippen molar-refractivity contribution in [2.24, 2.45) is 0 Å². The summed E-state index contributed by atoms with van der Waals surface area (Å²) in [6, 6.07) is 8.96. The lowest BCUT2D eigenvalue weighted by Gasteiger charge is -2.25. The maximum atomic E-state index is 12.6. The van der Waals surface area contributed by atoms with Crippen molar-refractivity contribution < 1.29 is 17.9 Å². The second kappa shape index (κ2) is 7.15. The van der Waals surface area contributed by atoms with E-state index in [1.54, 1.807) is 24.1 Å². The second-order valence-electron chi connectivity index (χ2n) is 5.88. The summed E-state index contributed by atoms with van der Waals surface area (Å²) in [7, 11) is -2.01. The normalized spacial score (nSPS) is 14.2. The monoisotopic (exact) mass is 380 g/mol. The SMILES string of the molecule is COc1cccc(CNS(=O)(=O)c2cc3c(s2)CCN(C(C)=O)C3)c1. The third-order valence-electron chi connectivity index (χ3n) is 4.15. The van der Waals surface area contributed by atoms with E-state index < -0.39 is 10.0 Å². The van der Waals surface area contributed by atoms with Gasteiger partial charge in [0.05, 0.1) is 7.11 Å². The average molecular weight is 380 g/mol. The maximum Gasteiger partial charge on any atom is 0.250 e. The lowest BCUT2D eigenvalue weighted by molar-refractivity contribution is -0.129. The van der Waals surface area contributed by atoms with Crippen LogP contribution in [0.3, 0.4) is 0 Å². The largest absolute Gasteiger partial charge is 0.497 e. The highest BCUT2D eigenvalue weighted by Gasteiger charge is 2.25. The van der Waals surface area contributed by atoms with E-state index in [4.69, 9.17) is 4.74 Å². The summed E-state index contributed by atoms with van der Waals surface area (Å²) in [6.07, 6.45) is 0.699. The summed E-state index contributed by atoms with van der Waals surface area (Å²) >= 11 is 1.29. The second-order valence-corrected chi connectivity index (χ2v) is 9.01. The third-order valence-corrected chi connectivity index (χ3v) is 7.27. The smallest absolute Gasteiger partial charge is 0.250 e. The molecule has 0 aliphatic carbocycles. The molecule has 0 radical (unpaired) electrons. The summed E-state index contributed by atoms with van der Waals surface area (Å²) < 4.78 is 33.2. The van der Waals surface area contributed by atoms with Crippen molar-refractivity contribution in [3.8, 4) is 5.75 Å². The molecular formula is C17H20N2O4S2. The molecule has 6 nitrogen and oxygen atoms in total. The first-order valence-electron chi connectivity index (χ1n) is 7.89. The van der Waals surface area contributed by atoms with Gasteiger partial charge in [-0.05, 0) is 35.7 Å². The Morgan fingerprint density at radius 3 is 2.88 bits per heavy atom. The van der Waals surface area contributed by atoms with Gasteiger partial charge < -0.3 is 9.64 Å². The van der Waals surface area contributed by atoms with E-state index in [-0.39, 0.29) is 12.5 Å². The highest BCUT2D eigenvalue weighted by atomic mass is 32.2. The number of ether oxygens (including phenoxy) is 1. The van der Waals surface area contributed by atoms with Crippen LogP contribution in [0.25, 0.3) is 0 Å². The first-order chi connectivity index (χ1) is 11.9. The van der Waals surface area contributed by atoms with Crippen molar-refractivity contribution in [2.75, 3.05) is 13.7 Å². The number of carbonyl (C=O) groups excluding carboxylic acids is 1. The number of fused-ring (bicyclic) bond motifs is 1. The van der Waals surface area contributed by atoms with Gasteiger partial charge in [-0.15, -0.1) is 11.3 Å². The standard InChI is InChI=1S/C17H20N2O4S2/c1-12(20)19-7-6-16-14(11-19)9-17(24-16)25(21,22)18-10-13-4-3-5-15(8-13)23-2/h3-5,8-9,18H,6-7,10-11H2,1-2H3. The molecule has 0 fully saturated rings. The molecule has 1 aliphatic heterocycles. The van der Waals surface area contributed by atoms with Crippen LogP contribution < -0.4 is 9.46 Å². The van der Waals surface area contributed by atoms with Gasteiger partial charge in [-0.3, -0.25) is 4.79 Å². The Hall–Kier alpha value is -1.90. The molecule has 1 amide bonds. The highest BCUT2D eigenvalue weighted by molar-refractivity contribution is 7.91. The summed E-state index contributed by atoms with van der Waals surface area (Å²) in [5.41, 5.74) is 1.75. The molecule has 2 aromatic rings. The van der Waals surface area contributed by atoms with Gasteiger partial charge in [-0.2, -0.15) is 0 Å². The summed E-state index contributed by atoms with van der Waals surface area (Å²) in [6.45, 7) is 2.85. The molecule has 0 spiro atoms. The Morgan fingerprint density at radius 2 is 2.16 bits per heavy atom. The van der Waals surface area contributed by atoms with Crippen LogP contribution in [0.4, 0.5) is 0 Å². The quantitative estimate of drug-likeness (QED) is 0.862. The number of sulfonamides is 1. The molecule has 134 valence electrons. The molecule has 8 heteroatoms. The first kappa shape index (κ1) is 17.9. The molecule has 0 saturated heterocycles. The van der Waals surface area contributed by atoms with Crippen molar-refractivity contribution in [1.82, 2.24) is 9.62 Å². The number of methoxy groups -OCH3 is 1. The van der Waals surface area contributed by atoms with Gasteiger partial charge in [0.25, 0.3) is 0 Å². The molecule has 3 rings (SSSR count). The fourth-order valence-electron chi connectivity index (χ4n) is 2.74. The van der Waals surface area contributed by atoms with Crippen molar-refractivity contribution in [3.63, 3.8) is 0 Å². The van der Waals surface area contributed by atoms with Gasteiger partial charge in [0.1, 0.15) is 9.96 Å². The predicted octanol–water partition coefficient (Wildman–Crippen LogP) is 2.14. The zero-order valence-electron chi connectivity index (χ0n) is 14.1. The van der Waals surface area contributed by atoms with Crippen molar-refractivity contribution in [3.05, 3.63) is 46.3 Å². The van der Waals surface area contributed by atoms with E-state index in [0.717, 1.165) is 16.0 Å². The molecule has 2 heterocycles. The van der Waals surface area contributed by atoms with E-state index in [1.807, 2.05) is 18.2 Å². The minimum absolute atomic E-state index is 0.0115. The number of carbonyl (C=O) groups is 1. The van der Waals surface area contributed by atoms with Crippen LogP contribution in [0.15, 0.2) is 34.5 Å². The number of hydrogen-bond acceptors (Lipinski definition) is 5. The molecule has 1 aromatic heterocycles. The third kappa shape index (κ3) is 4.02. The zero-order valence-corrected chi connectivity index (χ0v) is 15.7. The lowest BCUT2D eigenvalue weighted by Crippen LogP contribution is -2.33. The molecule has 0 unspecified atom stereocenters. The van der Waals surface area contributed by atoms with Crippen LogP contribution in [0.1, 0.15) is 22.9 Å². The van der Waals surface area contributed by atoms with E-state index >= 15 is 0 Å². The van der Waals surface area contributed by atoms with E-state index in [2.05, 4.69) is 4.72 Å². The number of rotatable bonds is 5. The molecule has 25 heavy (non-hydrogen) atoms. The van der Waals surface area contributed by atoms with Crippen molar-refractivity contribution >= 4 is 27.3 Å². The van der Waals surface area contributed by atoms with Gasteiger partial charge >= 0.3 is 0 Å². The van der Waals surface area contributed by atoms with Gasteiger partial charge in [-0.1, -0.05) is 12.1 Å². The Kier molecular flexibility index (Phi) is 5.12. The van der Waals surface area contributed by atoms with Crippen LogP contribution in [0.5, 0.6) is 5.75 Å². The molecule has 1 N–H and O–H groups in total. The van der Waals surface area contributed by atoms with Gasteiger partial charge in [-0.25, -0.2) is 13.1 Å². The van der Waals surface area contributed by atoms with Crippen molar-refractivity contribution in [1.29, 1.82) is 0 Å². The van der Waals surface area contributed by atoms with E-state index in [1.165, 1.54) is 18.3 Å². The molecule has 0 saturated carbocycles. The predicted molar refractivity (Wildman–Crippen MR) is 96.1 cm³/mol. The van der Waals surface area contributed by atoms with Crippen molar-refractivity contribution in [2.45, 2.75) is 30.6 Å². The number of hydrogen-bond donors (Lipinski definition) is 1. The van der Waals surface area contributed by atoms with E-state index in [0.29, 0.717) is 29.5 Å². The molecule has 0 bridgehead atoms. The van der Waals surface area contributed by atoms with Gasteiger partial charge in [0, 0.05) is 31.4 Å². The minimum Gasteiger partial charge on any atom is -0.497 e.